The molecular formula is C18H26N4O. The third kappa shape index (κ3) is 3.16. The predicted molar refractivity (Wildman–Crippen MR) is 90.9 cm³/mol. The van der Waals surface area contributed by atoms with E-state index in [0.717, 1.165) is 45.6 Å². The molecule has 2 saturated heterocycles. The summed E-state index contributed by atoms with van der Waals surface area (Å²) in [4.78, 5) is 23.7. The third-order valence-corrected chi connectivity index (χ3v) is 5.31. The normalized spacial score (nSPS) is 22.5. The highest BCUT2D eigenvalue weighted by Crippen LogP contribution is 2.33. The summed E-state index contributed by atoms with van der Waals surface area (Å²) in [5, 5.41) is 0. The van der Waals surface area contributed by atoms with Gasteiger partial charge in [-0.25, -0.2) is 0 Å². The van der Waals surface area contributed by atoms with E-state index in [4.69, 9.17) is 0 Å². The first-order valence-electron chi connectivity index (χ1n) is 8.38. The van der Waals surface area contributed by atoms with Crippen molar-refractivity contribution < 1.29 is 4.79 Å². The number of rotatable bonds is 4. The molecule has 0 bridgehead atoms. The average molecular weight is 314 g/mol. The number of likely N-dealkylation sites (tertiary alicyclic amines) is 1. The number of hydrogen-bond acceptors (Lipinski definition) is 4. The van der Waals surface area contributed by atoms with Gasteiger partial charge in [-0.2, -0.15) is 0 Å². The molecule has 2 aliphatic heterocycles. The van der Waals surface area contributed by atoms with E-state index >= 15 is 0 Å². The van der Waals surface area contributed by atoms with Gasteiger partial charge in [-0.05, 0) is 37.6 Å². The van der Waals surface area contributed by atoms with Crippen LogP contribution in [0.3, 0.4) is 0 Å². The standard InChI is InChI=1S/C18H26N4O/c1-3-10-22-14-13-20(2)18(17(22)23)6-11-21(12-7-18)15-16-4-8-19-9-5-16/h3-5,8-9H,1,6-7,10-15H2,2H3. The molecule has 0 saturated carbocycles. The highest BCUT2D eigenvalue weighted by Gasteiger charge is 2.48. The Morgan fingerprint density at radius 3 is 2.57 bits per heavy atom. The van der Waals surface area contributed by atoms with E-state index in [0.29, 0.717) is 6.54 Å². The maximum absolute atomic E-state index is 13.0. The van der Waals surface area contributed by atoms with Crippen LogP contribution < -0.4 is 0 Å². The van der Waals surface area contributed by atoms with Crippen molar-refractivity contribution >= 4 is 5.91 Å². The van der Waals surface area contributed by atoms with E-state index in [1.54, 1.807) is 0 Å². The molecule has 0 aliphatic carbocycles. The molecule has 0 N–H and O–H groups in total. The first-order chi connectivity index (χ1) is 11.2. The molecule has 2 fully saturated rings. The predicted octanol–water partition coefficient (Wildman–Crippen LogP) is 1.38. The Morgan fingerprint density at radius 2 is 1.91 bits per heavy atom. The quantitative estimate of drug-likeness (QED) is 0.787. The maximum Gasteiger partial charge on any atom is 0.243 e. The van der Waals surface area contributed by atoms with Crippen molar-refractivity contribution in [1.82, 2.24) is 19.7 Å². The van der Waals surface area contributed by atoms with Crippen molar-refractivity contribution in [2.45, 2.75) is 24.9 Å². The summed E-state index contributed by atoms with van der Waals surface area (Å²) in [6.07, 6.45) is 7.32. The lowest BCUT2D eigenvalue weighted by Gasteiger charge is -2.51. The number of pyridine rings is 1. The second-order valence-corrected chi connectivity index (χ2v) is 6.62. The molecule has 5 heteroatoms. The van der Waals surface area contributed by atoms with Crippen LogP contribution in [0.15, 0.2) is 37.2 Å². The van der Waals surface area contributed by atoms with Crippen LogP contribution in [0.1, 0.15) is 18.4 Å². The van der Waals surface area contributed by atoms with Gasteiger partial charge in [0, 0.05) is 51.7 Å². The zero-order valence-electron chi connectivity index (χ0n) is 13.9. The molecule has 0 atom stereocenters. The summed E-state index contributed by atoms with van der Waals surface area (Å²) < 4.78 is 0. The van der Waals surface area contributed by atoms with Crippen LogP contribution in [0.25, 0.3) is 0 Å². The van der Waals surface area contributed by atoms with E-state index in [9.17, 15) is 4.79 Å². The lowest BCUT2D eigenvalue weighted by Crippen LogP contribution is -2.67. The Morgan fingerprint density at radius 1 is 1.22 bits per heavy atom. The summed E-state index contributed by atoms with van der Waals surface area (Å²) in [6.45, 7) is 9.05. The summed E-state index contributed by atoms with van der Waals surface area (Å²) >= 11 is 0. The fourth-order valence-corrected chi connectivity index (χ4v) is 3.80. The lowest BCUT2D eigenvalue weighted by molar-refractivity contribution is -0.153. The van der Waals surface area contributed by atoms with Gasteiger partial charge in [0.25, 0.3) is 0 Å². The van der Waals surface area contributed by atoms with Gasteiger partial charge < -0.3 is 4.90 Å². The molecule has 1 aromatic heterocycles. The number of aromatic nitrogens is 1. The largest absolute Gasteiger partial charge is 0.336 e. The highest BCUT2D eigenvalue weighted by molar-refractivity contribution is 5.87. The van der Waals surface area contributed by atoms with Crippen LogP contribution in [0.2, 0.25) is 0 Å². The Bertz CT molecular complexity index is 551. The van der Waals surface area contributed by atoms with Crippen molar-refractivity contribution in [1.29, 1.82) is 0 Å². The number of carbonyl (C=O) groups is 1. The molecule has 2 aliphatic rings. The van der Waals surface area contributed by atoms with Crippen molar-refractivity contribution in [2.75, 3.05) is 39.8 Å². The molecule has 3 heterocycles. The van der Waals surface area contributed by atoms with Gasteiger partial charge in [0.2, 0.25) is 5.91 Å². The van der Waals surface area contributed by atoms with E-state index in [-0.39, 0.29) is 11.4 Å². The molecular weight excluding hydrogens is 288 g/mol. The van der Waals surface area contributed by atoms with Crippen LogP contribution in [-0.2, 0) is 11.3 Å². The number of hydrogen-bond donors (Lipinski definition) is 0. The van der Waals surface area contributed by atoms with E-state index < -0.39 is 0 Å². The molecule has 23 heavy (non-hydrogen) atoms. The molecule has 3 rings (SSSR count). The minimum absolute atomic E-state index is 0.287. The average Bonchev–Trinajstić information content (AvgIpc) is 2.58. The van der Waals surface area contributed by atoms with Gasteiger partial charge in [0.15, 0.2) is 0 Å². The van der Waals surface area contributed by atoms with Crippen LogP contribution in [0, 0.1) is 0 Å². The monoisotopic (exact) mass is 314 g/mol. The number of likely N-dealkylation sites (N-methyl/N-ethyl adjacent to an activating group) is 1. The fourth-order valence-electron chi connectivity index (χ4n) is 3.80. The Hall–Kier alpha value is -1.72. The first kappa shape index (κ1) is 16.1. The molecule has 1 spiro atoms. The van der Waals surface area contributed by atoms with Crippen molar-refractivity contribution in [3.8, 4) is 0 Å². The van der Waals surface area contributed by atoms with E-state index in [2.05, 4.69) is 40.5 Å². The molecule has 1 amide bonds. The van der Waals surface area contributed by atoms with Crippen LogP contribution in [-0.4, -0.2) is 70.9 Å². The maximum atomic E-state index is 13.0. The van der Waals surface area contributed by atoms with Crippen LogP contribution in [0.5, 0.6) is 0 Å². The van der Waals surface area contributed by atoms with Gasteiger partial charge in [0.05, 0.1) is 0 Å². The van der Waals surface area contributed by atoms with Gasteiger partial charge in [-0.1, -0.05) is 6.08 Å². The number of piperidine rings is 1. The van der Waals surface area contributed by atoms with Crippen LogP contribution in [0.4, 0.5) is 0 Å². The smallest absolute Gasteiger partial charge is 0.243 e. The zero-order chi connectivity index (χ0) is 16.3. The summed E-state index contributed by atoms with van der Waals surface area (Å²) in [6, 6.07) is 4.13. The topological polar surface area (TPSA) is 39.7 Å². The van der Waals surface area contributed by atoms with Crippen molar-refractivity contribution in [3.63, 3.8) is 0 Å². The lowest BCUT2D eigenvalue weighted by atomic mass is 9.82. The Labute approximate surface area is 138 Å². The Kier molecular flexibility index (Phi) is 4.78. The van der Waals surface area contributed by atoms with Gasteiger partial charge in [-0.3, -0.25) is 19.6 Å². The minimum atomic E-state index is -0.310. The van der Waals surface area contributed by atoms with E-state index in [1.165, 1.54) is 5.56 Å². The number of carbonyl (C=O) groups excluding carboxylic acids is 1. The molecule has 124 valence electrons. The molecule has 0 unspecified atom stereocenters. The summed E-state index contributed by atoms with van der Waals surface area (Å²) in [5.74, 6) is 0.287. The van der Waals surface area contributed by atoms with E-state index in [1.807, 2.05) is 23.4 Å². The fraction of sp³-hybridized carbons (Fsp3) is 0.556. The molecule has 0 aromatic carbocycles. The second kappa shape index (κ2) is 6.81. The third-order valence-electron chi connectivity index (χ3n) is 5.31. The van der Waals surface area contributed by atoms with Gasteiger partial charge >= 0.3 is 0 Å². The van der Waals surface area contributed by atoms with Gasteiger partial charge in [0.1, 0.15) is 5.54 Å². The molecule has 0 radical (unpaired) electrons. The highest BCUT2D eigenvalue weighted by atomic mass is 16.2. The van der Waals surface area contributed by atoms with Crippen molar-refractivity contribution in [3.05, 3.63) is 42.7 Å². The SMILES string of the molecule is C=CCN1CCN(C)C2(CCN(Cc3ccncc3)CC2)C1=O. The molecule has 1 aromatic rings. The molecule has 5 nitrogen and oxygen atoms in total. The number of piperazine rings is 1. The van der Waals surface area contributed by atoms with Crippen LogP contribution >= 0.6 is 0 Å². The Balaban J connectivity index is 1.66. The number of nitrogens with zero attached hydrogens (tertiary/aromatic N) is 4. The summed E-state index contributed by atoms with van der Waals surface area (Å²) in [5.41, 5.74) is 0.975. The van der Waals surface area contributed by atoms with Crippen molar-refractivity contribution in [2.24, 2.45) is 0 Å². The minimum Gasteiger partial charge on any atom is -0.336 e. The van der Waals surface area contributed by atoms with Gasteiger partial charge in [-0.15, -0.1) is 6.58 Å². The summed E-state index contributed by atoms with van der Waals surface area (Å²) in [7, 11) is 2.10. The number of amides is 1. The first-order valence-corrected chi connectivity index (χ1v) is 8.38. The zero-order valence-corrected chi connectivity index (χ0v) is 13.9. The second-order valence-electron chi connectivity index (χ2n) is 6.62.